The number of nitrogens with one attached hydrogen (secondary N) is 1. The summed E-state index contributed by atoms with van der Waals surface area (Å²) in [4.78, 5) is 2.68. The normalized spacial score (nSPS) is 11.1. The van der Waals surface area contributed by atoms with Crippen molar-refractivity contribution >= 4 is 23.3 Å². The van der Waals surface area contributed by atoms with Crippen LogP contribution in [0.1, 0.15) is 0 Å². The monoisotopic (exact) mass is 280 g/mol. The standard InChI is InChI=1S/C13H7F3N2S/c14-7-1-3-9(4-2-7)18-11-6-8(15)5-10(16)12(11)17-13(18)19/h1-6H,(H,17,19). The van der Waals surface area contributed by atoms with Crippen LogP contribution < -0.4 is 0 Å². The lowest BCUT2D eigenvalue weighted by Crippen LogP contribution is -1.94. The summed E-state index contributed by atoms with van der Waals surface area (Å²) in [5, 5.41) is 0. The zero-order chi connectivity index (χ0) is 13.6. The molecule has 19 heavy (non-hydrogen) atoms. The molecule has 6 heteroatoms. The van der Waals surface area contributed by atoms with Crippen molar-refractivity contribution in [2.45, 2.75) is 0 Å². The fraction of sp³-hybridized carbons (Fsp3) is 0. The molecule has 2 aromatic carbocycles. The van der Waals surface area contributed by atoms with Crippen molar-refractivity contribution in [3.05, 3.63) is 58.6 Å². The quantitative estimate of drug-likeness (QED) is 0.665. The van der Waals surface area contributed by atoms with E-state index in [0.29, 0.717) is 5.69 Å². The van der Waals surface area contributed by atoms with Crippen LogP contribution in [0, 0.1) is 22.2 Å². The van der Waals surface area contributed by atoms with Gasteiger partial charge in [-0.05, 0) is 36.5 Å². The maximum Gasteiger partial charge on any atom is 0.182 e. The van der Waals surface area contributed by atoms with Gasteiger partial charge in [0.25, 0.3) is 0 Å². The fourth-order valence-corrected chi connectivity index (χ4v) is 2.28. The van der Waals surface area contributed by atoms with E-state index < -0.39 is 17.5 Å². The Kier molecular flexibility index (Phi) is 2.67. The molecule has 0 bridgehead atoms. The number of hydrogen-bond donors (Lipinski definition) is 1. The van der Waals surface area contributed by atoms with Crippen LogP contribution in [-0.2, 0) is 0 Å². The maximum atomic E-state index is 13.6. The van der Waals surface area contributed by atoms with Crippen LogP contribution in [0.2, 0.25) is 0 Å². The van der Waals surface area contributed by atoms with Gasteiger partial charge < -0.3 is 4.98 Å². The third kappa shape index (κ3) is 1.94. The lowest BCUT2D eigenvalue weighted by Gasteiger charge is -2.04. The van der Waals surface area contributed by atoms with E-state index in [-0.39, 0.29) is 15.8 Å². The Morgan fingerprint density at radius 1 is 0.947 bits per heavy atom. The molecule has 1 heterocycles. The number of hydrogen-bond acceptors (Lipinski definition) is 1. The van der Waals surface area contributed by atoms with Gasteiger partial charge in [0.15, 0.2) is 10.6 Å². The van der Waals surface area contributed by atoms with E-state index in [1.54, 1.807) is 0 Å². The minimum absolute atomic E-state index is 0.121. The molecule has 1 aromatic heterocycles. The van der Waals surface area contributed by atoms with Crippen molar-refractivity contribution in [3.8, 4) is 5.69 Å². The summed E-state index contributed by atoms with van der Waals surface area (Å²) in [6.45, 7) is 0. The van der Waals surface area contributed by atoms with Crippen LogP contribution in [0.25, 0.3) is 16.7 Å². The summed E-state index contributed by atoms with van der Waals surface area (Å²) >= 11 is 5.10. The highest BCUT2D eigenvalue weighted by Gasteiger charge is 2.12. The molecule has 0 spiro atoms. The van der Waals surface area contributed by atoms with Gasteiger partial charge >= 0.3 is 0 Å². The third-order valence-electron chi connectivity index (χ3n) is 2.79. The van der Waals surface area contributed by atoms with Crippen molar-refractivity contribution in [3.63, 3.8) is 0 Å². The van der Waals surface area contributed by atoms with Crippen LogP contribution in [0.4, 0.5) is 13.2 Å². The Morgan fingerprint density at radius 2 is 1.63 bits per heavy atom. The average Bonchev–Trinajstić information content (AvgIpc) is 2.67. The Hall–Kier alpha value is -2.08. The first-order chi connectivity index (χ1) is 9.06. The number of benzene rings is 2. The SMILES string of the molecule is Fc1ccc(-n2c(=S)[nH]c3c(F)cc(F)cc32)cc1. The van der Waals surface area contributed by atoms with Gasteiger partial charge in [-0.3, -0.25) is 4.57 Å². The Labute approximate surface area is 111 Å². The molecule has 0 fully saturated rings. The molecule has 0 amide bonds. The first-order valence-corrected chi connectivity index (χ1v) is 5.83. The number of aromatic amines is 1. The number of H-pyrrole nitrogens is 1. The highest BCUT2D eigenvalue weighted by atomic mass is 32.1. The zero-order valence-electron chi connectivity index (χ0n) is 9.45. The summed E-state index contributed by atoms with van der Waals surface area (Å²) in [7, 11) is 0. The molecule has 1 N–H and O–H groups in total. The van der Waals surface area contributed by atoms with Crippen molar-refractivity contribution in [1.29, 1.82) is 0 Å². The van der Waals surface area contributed by atoms with Crippen LogP contribution >= 0.6 is 12.2 Å². The van der Waals surface area contributed by atoms with Crippen molar-refractivity contribution in [2.75, 3.05) is 0 Å². The molecule has 0 atom stereocenters. The predicted octanol–water partition coefficient (Wildman–Crippen LogP) is 4.11. The predicted molar refractivity (Wildman–Crippen MR) is 68.3 cm³/mol. The molecule has 3 aromatic rings. The van der Waals surface area contributed by atoms with Gasteiger partial charge in [0, 0.05) is 17.8 Å². The minimum Gasteiger partial charge on any atom is -0.328 e. The Bertz CT molecular complexity index is 818. The second kappa shape index (κ2) is 4.24. The van der Waals surface area contributed by atoms with Gasteiger partial charge in [0.1, 0.15) is 17.2 Å². The number of nitrogens with zero attached hydrogens (tertiary/aromatic N) is 1. The van der Waals surface area contributed by atoms with Crippen LogP contribution in [0.5, 0.6) is 0 Å². The van der Waals surface area contributed by atoms with Gasteiger partial charge in [-0.25, -0.2) is 13.2 Å². The topological polar surface area (TPSA) is 20.7 Å². The average molecular weight is 280 g/mol. The lowest BCUT2D eigenvalue weighted by atomic mass is 10.2. The molecule has 0 aliphatic heterocycles. The van der Waals surface area contributed by atoms with Crippen molar-refractivity contribution in [1.82, 2.24) is 9.55 Å². The van der Waals surface area contributed by atoms with Gasteiger partial charge in [0.05, 0.1) is 5.52 Å². The van der Waals surface area contributed by atoms with E-state index >= 15 is 0 Å². The van der Waals surface area contributed by atoms with Crippen molar-refractivity contribution < 1.29 is 13.2 Å². The molecule has 0 saturated carbocycles. The van der Waals surface area contributed by atoms with E-state index in [9.17, 15) is 13.2 Å². The molecule has 0 unspecified atom stereocenters. The van der Waals surface area contributed by atoms with E-state index in [2.05, 4.69) is 4.98 Å². The molecule has 0 saturated heterocycles. The number of fused-ring (bicyclic) bond motifs is 1. The highest BCUT2D eigenvalue weighted by Crippen LogP contribution is 2.23. The van der Waals surface area contributed by atoms with E-state index in [4.69, 9.17) is 12.2 Å². The van der Waals surface area contributed by atoms with Crippen LogP contribution in [0.15, 0.2) is 36.4 Å². The Balaban J connectivity index is 2.38. The number of imidazole rings is 1. The van der Waals surface area contributed by atoms with Gasteiger partial charge in [0.2, 0.25) is 0 Å². The second-order valence-corrected chi connectivity index (χ2v) is 4.41. The van der Waals surface area contributed by atoms with Gasteiger partial charge in [-0.15, -0.1) is 0 Å². The van der Waals surface area contributed by atoms with E-state index in [0.717, 1.165) is 6.07 Å². The Morgan fingerprint density at radius 3 is 2.32 bits per heavy atom. The van der Waals surface area contributed by atoms with Gasteiger partial charge in [-0.1, -0.05) is 0 Å². The maximum absolute atomic E-state index is 13.6. The highest BCUT2D eigenvalue weighted by molar-refractivity contribution is 7.71. The molecule has 96 valence electrons. The summed E-state index contributed by atoms with van der Waals surface area (Å²) in [6, 6.07) is 7.44. The number of rotatable bonds is 1. The number of aromatic nitrogens is 2. The second-order valence-electron chi connectivity index (χ2n) is 4.02. The molecule has 0 radical (unpaired) electrons. The summed E-state index contributed by atoms with van der Waals surface area (Å²) < 4.78 is 41.5. The summed E-state index contributed by atoms with van der Waals surface area (Å²) in [6.07, 6.45) is 0. The first kappa shape index (κ1) is 12.0. The lowest BCUT2D eigenvalue weighted by molar-refractivity contribution is 0.590. The van der Waals surface area contributed by atoms with Crippen LogP contribution in [0.3, 0.4) is 0 Å². The van der Waals surface area contributed by atoms with Crippen LogP contribution in [-0.4, -0.2) is 9.55 Å². The molecule has 0 aliphatic rings. The fourth-order valence-electron chi connectivity index (χ4n) is 1.98. The molecule has 0 aliphatic carbocycles. The molecule has 3 rings (SSSR count). The summed E-state index contributed by atoms with van der Waals surface area (Å²) in [5.74, 6) is -1.82. The smallest absolute Gasteiger partial charge is 0.182 e. The van der Waals surface area contributed by atoms with E-state index in [1.807, 2.05) is 0 Å². The molecular formula is C13H7F3N2S. The minimum atomic E-state index is -0.720. The molecular weight excluding hydrogens is 273 g/mol. The zero-order valence-corrected chi connectivity index (χ0v) is 10.3. The third-order valence-corrected chi connectivity index (χ3v) is 3.08. The molecule has 2 nitrogen and oxygen atoms in total. The largest absolute Gasteiger partial charge is 0.328 e. The number of halogens is 3. The summed E-state index contributed by atoms with van der Waals surface area (Å²) in [5.41, 5.74) is 0.924. The first-order valence-electron chi connectivity index (χ1n) is 5.42. The van der Waals surface area contributed by atoms with Gasteiger partial charge in [-0.2, -0.15) is 0 Å². The van der Waals surface area contributed by atoms with Crippen molar-refractivity contribution in [2.24, 2.45) is 0 Å². The van der Waals surface area contributed by atoms with E-state index in [1.165, 1.54) is 34.9 Å².